The number of amides is 2. The number of benzene rings is 2. The zero-order valence-corrected chi connectivity index (χ0v) is 17.9. The van der Waals surface area contributed by atoms with Crippen molar-refractivity contribution < 1.29 is 9.59 Å². The lowest BCUT2D eigenvalue weighted by Gasteiger charge is -2.34. The van der Waals surface area contributed by atoms with Gasteiger partial charge in [-0.2, -0.15) is 5.26 Å². The minimum absolute atomic E-state index is 0. The number of halogens is 2. The Kier molecular flexibility index (Phi) is 6.91. The van der Waals surface area contributed by atoms with Crippen molar-refractivity contribution >= 4 is 47.2 Å². The first kappa shape index (κ1) is 22.3. The molecule has 0 N–H and O–H groups in total. The van der Waals surface area contributed by atoms with Crippen molar-refractivity contribution in [3.63, 3.8) is 0 Å². The van der Waals surface area contributed by atoms with Crippen LogP contribution in [0.15, 0.2) is 67.0 Å². The Bertz CT molecular complexity index is 1160. The van der Waals surface area contributed by atoms with E-state index in [1.807, 2.05) is 12.1 Å². The number of nitrogens with zero attached hydrogens (tertiary/aromatic N) is 4. The first-order valence-corrected chi connectivity index (χ1v) is 9.75. The van der Waals surface area contributed by atoms with E-state index in [1.54, 1.807) is 54.9 Å². The lowest BCUT2D eigenvalue weighted by molar-refractivity contribution is -0.136. The molecule has 2 heterocycles. The molecule has 1 aromatic heterocycles. The maximum atomic E-state index is 12.9. The number of piperazine rings is 1. The Morgan fingerprint density at radius 1 is 1.00 bits per heavy atom. The summed E-state index contributed by atoms with van der Waals surface area (Å²) in [7, 11) is 0. The van der Waals surface area contributed by atoms with Crippen molar-refractivity contribution in [1.29, 1.82) is 5.26 Å². The fraction of sp³-hybridized carbons (Fsp3) is 0.130. The summed E-state index contributed by atoms with van der Waals surface area (Å²) >= 11 is 6.03. The maximum absolute atomic E-state index is 12.9. The second-order valence-corrected chi connectivity index (χ2v) is 7.32. The molecule has 1 aliphatic rings. The summed E-state index contributed by atoms with van der Waals surface area (Å²) in [4.78, 5) is 32.9. The van der Waals surface area contributed by atoms with E-state index in [0.29, 0.717) is 41.5 Å². The van der Waals surface area contributed by atoms with E-state index >= 15 is 0 Å². The Balaban J connectivity index is 0.00000272. The van der Waals surface area contributed by atoms with Crippen LogP contribution in [0.5, 0.6) is 0 Å². The number of carbonyl (C=O) groups is 2. The summed E-state index contributed by atoms with van der Waals surface area (Å²) in [5, 5.41) is 9.47. The molecule has 2 amide bonds. The number of aromatic nitrogens is 1. The van der Waals surface area contributed by atoms with Crippen LogP contribution < -0.4 is 9.80 Å². The van der Waals surface area contributed by atoms with Crippen molar-refractivity contribution in [2.24, 2.45) is 0 Å². The van der Waals surface area contributed by atoms with E-state index in [4.69, 9.17) is 16.9 Å². The topological polar surface area (TPSA) is 77.3 Å². The van der Waals surface area contributed by atoms with Gasteiger partial charge in [-0.25, -0.2) is 0 Å². The summed E-state index contributed by atoms with van der Waals surface area (Å²) in [6.45, 7) is 0.727. The molecule has 0 aliphatic carbocycles. The normalized spacial score (nSPS) is 13.5. The van der Waals surface area contributed by atoms with Crippen molar-refractivity contribution in [2.75, 3.05) is 22.9 Å². The fourth-order valence-electron chi connectivity index (χ4n) is 3.49. The molecular weight excluding hydrogens is 435 g/mol. The molecule has 0 bridgehead atoms. The van der Waals surface area contributed by atoms with Crippen LogP contribution in [0.4, 0.5) is 11.4 Å². The fourth-order valence-corrected chi connectivity index (χ4v) is 3.68. The maximum Gasteiger partial charge on any atom is 0.316 e. The molecule has 2 aromatic carbocycles. The molecule has 0 radical (unpaired) electrons. The molecule has 1 aliphatic heterocycles. The van der Waals surface area contributed by atoms with Crippen molar-refractivity contribution in [2.45, 2.75) is 6.42 Å². The van der Waals surface area contributed by atoms with Gasteiger partial charge in [0, 0.05) is 42.6 Å². The quantitative estimate of drug-likeness (QED) is 0.560. The molecule has 0 unspecified atom stereocenters. The summed E-state index contributed by atoms with van der Waals surface area (Å²) in [6, 6.07) is 18.0. The highest BCUT2D eigenvalue weighted by molar-refractivity contribution is 6.46. The third-order valence-electron chi connectivity index (χ3n) is 4.99. The monoisotopic (exact) mass is 452 g/mol. The molecule has 156 valence electrons. The van der Waals surface area contributed by atoms with Gasteiger partial charge in [0.25, 0.3) is 0 Å². The van der Waals surface area contributed by atoms with Gasteiger partial charge in [0.15, 0.2) is 0 Å². The largest absolute Gasteiger partial charge is 0.316 e. The highest BCUT2D eigenvalue weighted by atomic mass is 35.5. The Morgan fingerprint density at radius 2 is 1.71 bits per heavy atom. The number of rotatable bonds is 4. The number of pyridine rings is 1. The molecular formula is C23H18Cl2N4O2. The van der Waals surface area contributed by atoms with Crippen LogP contribution in [0.25, 0.3) is 0 Å². The van der Waals surface area contributed by atoms with E-state index in [2.05, 4.69) is 11.1 Å². The van der Waals surface area contributed by atoms with Gasteiger partial charge < -0.3 is 9.80 Å². The number of carbonyl (C=O) groups excluding carboxylic acids is 2. The van der Waals surface area contributed by atoms with Gasteiger partial charge in [0.2, 0.25) is 0 Å². The third-order valence-corrected chi connectivity index (χ3v) is 5.22. The Labute approximate surface area is 191 Å². The molecule has 6 nitrogen and oxygen atoms in total. The number of hydrogen-bond acceptors (Lipinski definition) is 4. The molecule has 4 rings (SSSR count). The summed E-state index contributed by atoms with van der Waals surface area (Å²) in [5.41, 5.74) is 3.67. The molecule has 1 fully saturated rings. The van der Waals surface area contributed by atoms with E-state index in [-0.39, 0.29) is 12.4 Å². The van der Waals surface area contributed by atoms with Crippen LogP contribution >= 0.6 is 24.0 Å². The van der Waals surface area contributed by atoms with E-state index in [0.717, 1.165) is 11.1 Å². The lowest BCUT2D eigenvalue weighted by Crippen LogP contribution is -2.55. The van der Waals surface area contributed by atoms with Crippen molar-refractivity contribution in [3.8, 4) is 6.07 Å². The molecule has 0 atom stereocenters. The second-order valence-electron chi connectivity index (χ2n) is 6.88. The van der Waals surface area contributed by atoms with Gasteiger partial charge >= 0.3 is 11.8 Å². The van der Waals surface area contributed by atoms with Gasteiger partial charge in [-0.05, 0) is 47.5 Å². The molecule has 1 saturated heterocycles. The van der Waals surface area contributed by atoms with Crippen LogP contribution in [0.1, 0.15) is 16.7 Å². The van der Waals surface area contributed by atoms with E-state index in [1.165, 1.54) is 9.80 Å². The zero-order valence-electron chi connectivity index (χ0n) is 16.4. The minimum Gasteiger partial charge on any atom is -0.302 e. The molecule has 0 spiro atoms. The van der Waals surface area contributed by atoms with Crippen molar-refractivity contribution in [1.82, 2.24) is 4.98 Å². The number of hydrogen-bond donors (Lipinski definition) is 0. The first-order valence-electron chi connectivity index (χ1n) is 9.37. The van der Waals surface area contributed by atoms with Crippen LogP contribution in [0.3, 0.4) is 0 Å². The number of nitriles is 1. The standard InChI is InChI=1S/C23H17ClN4O2.ClH/c24-19-2-1-3-20(13-19)27-10-11-28(23(30)22(27)29)21-8-9-26-15-18(21)12-16-4-6-17(14-25)7-5-16;/h1-9,13,15H,10-12H2;1H. The summed E-state index contributed by atoms with van der Waals surface area (Å²) in [6.07, 6.45) is 3.85. The molecule has 0 saturated carbocycles. The molecule has 8 heteroatoms. The van der Waals surface area contributed by atoms with Gasteiger partial charge in [-0.15, -0.1) is 12.4 Å². The average Bonchev–Trinajstić information content (AvgIpc) is 2.77. The Morgan fingerprint density at radius 3 is 2.42 bits per heavy atom. The Hall–Kier alpha value is -3.40. The van der Waals surface area contributed by atoms with Gasteiger partial charge in [-0.3, -0.25) is 14.6 Å². The van der Waals surface area contributed by atoms with Crippen LogP contribution in [0, 0.1) is 11.3 Å². The van der Waals surface area contributed by atoms with Crippen LogP contribution in [-0.4, -0.2) is 29.9 Å². The zero-order chi connectivity index (χ0) is 21.1. The molecule has 31 heavy (non-hydrogen) atoms. The van der Waals surface area contributed by atoms with E-state index in [9.17, 15) is 9.59 Å². The average molecular weight is 453 g/mol. The predicted molar refractivity (Wildman–Crippen MR) is 122 cm³/mol. The van der Waals surface area contributed by atoms with Crippen LogP contribution in [-0.2, 0) is 16.0 Å². The lowest BCUT2D eigenvalue weighted by atomic mass is 10.0. The highest BCUT2D eigenvalue weighted by Gasteiger charge is 2.35. The van der Waals surface area contributed by atoms with Gasteiger partial charge in [-0.1, -0.05) is 29.8 Å². The summed E-state index contributed by atoms with van der Waals surface area (Å²) < 4.78 is 0. The first-order chi connectivity index (χ1) is 14.6. The van der Waals surface area contributed by atoms with Gasteiger partial charge in [0.05, 0.1) is 17.3 Å². The van der Waals surface area contributed by atoms with Gasteiger partial charge in [0.1, 0.15) is 0 Å². The second kappa shape index (κ2) is 9.61. The van der Waals surface area contributed by atoms with E-state index < -0.39 is 11.8 Å². The summed E-state index contributed by atoms with van der Waals surface area (Å²) in [5.74, 6) is -1.18. The van der Waals surface area contributed by atoms with Crippen molar-refractivity contribution in [3.05, 3.63) is 88.7 Å². The smallest absolute Gasteiger partial charge is 0.302 e. The predicted octanol–water partition coefficient (Wildman–Crippen LogP) is 4.00. The SMILES string of the molecule is Cl.N#Cc1ccc(Cc2cnccc2N2CCN(c3cccc(Cl)c3)C(=O)C2=O)cc1. The molecule has 3 aromatic rings. The minimum atomic E-state index is -0.593. The highest BCUT2D eigenvalue weighted by Crippen LogP contribution is 2.27. The number of anilines is 2. The van der Waals surface area contributed by atoms with Crippen LogP contribution in [0.2, 0.25) is 5.02 Å². The third kappa shape index (κ3) is 4.69.